The van der Waals surface area contributed by atoms with Crippen LogP contribution in [0.15, 0.2) is 60.8 Å². The molecule has 4 aromatic rings. The number of carboxylic acids is 1. The molecule has 1 N–H and O–H groups in total. The molecule has 43 heavy (non-hydrogen) atoms. The second kappa shape index (κ2) is 16.2. The molecule has 8 nitrogen and oxygen atoms in total. The minimum Gasteiger partial charge on any atom is -1.00 e. The van der Waals surface area contributed by atoms with Gasteiger partial charge in [-0.3, -0.25) is 4.79 Å². The van der Waals surface area contributed by atoms with Crippen LogP contribution in [-0.4, -0.2) is 38.2 Å². The molecule has 3 heterocycles. The van der Waals surface area contributed by atoms with E-state index in [2.05, 4.69) is 35.0 Å². The topological polar surface area (TPSA) is 87.3 Å². The van der Waals surface area contributed by atoms with Crippen molar-refractivity contribution in [3.8, 4) is 40.0 Å². The summed E-state index contributed by atoms with van der Waals surface area (Å²) < 4.78 is 31.3. The van der Waals surface area contributed by atoms with Crippen molar-refractivity contribution in [2.75, 3.05) is 27.1 Å². The van der Waals surface area contributed by atoms with Crippen LogP contribution >= 0.6 is 0 Å². The maximum absolute atomic E-state index is 10.8. The molecular formula is C32H32Cl2KNO7. The van der Waals surface area contributed by atoms with E-state index in [0.29, 0.717) is 13.2 Å². The van der Waals surface area contributed by atoms with Gasteiger partial charge in [-0.05, 0) is 72.2 Å². The number of fused-ring (bicyclic) bond motifs is 5. The molecule has 0 atom stereocenters. The number of aromatic nitrogens is 1. The Morgan fingerprint density at radius 2 is 1.65 bits per heavy atom. The molecule has 0 unspecified atom stereocenters. The first kappa shape index (κ1) is 35.2. The van der Waals surface area contributed by atoms with Crippen LogP contribution in [0.3, 0.4) is 0 Å². The zero-order chi connectivity index (χ0) is 27.5. The van der Waals surface area contributed by atoms with Crippen LogP contribution in [0.1, 0.15) is 30.4 Å². The molecule has 0 saturated heterocycles. The monoisotopic (exact) mass is 651 g/mol. The Bertz CT molecular complexity index is 1570. The Kier molecular flexibility index (Phi) is 13.3. The number of benzene rings is 3. The third kappa shape index (κ3) is 8.08. The molecule has 11 heteroatoms. The molecule has 0 radical (unpaired) electrons. The summed E-state index contributed by atoms with van der Waals surface area (Å²) in [6.45, 7) is 2.32. The largest absolute Gasteiger partial charge is 1.00 e. The van der Waals surface area contributed by atoms with Gasteiger partial charge >= 0.3 is 57.4 Å². The summed E-state index contributed by atoms with van der Waals surface area (Å²) in [6, 6.07) is 17.7. The third-order valence-corrected chi connectivity index (χ3v) is 7.38. The van der Waals surface area contributed by atoms with Crippen LogP contribution < -0.4 is 104 Å². The summed E-state index contributed by atoms with van der Waals surface area (Å²) in [5.74, 6) is 3.03. The molecule has 2 aliphatic heterocycles. The standard InChI is InChI=1S/C32H31NO7.2ClH.K/c1-36-28-10-7-22-16-27-25-18-30-29(39-20-40-30)17-23(25)11-12-33(27)19-26(22)32(28)38-14-4-2-3-13-37-24-8-5-21(6-9-24)15-31(34)35;;;/h5-10,16-19H,2-4,11-15,20H2,1H3;2*1H;/q;;;+1/p-1. The van der Waals surface area contributed by atoms with Gasteiger partial charge in [-0.1, -0.05) is 12.1 Å². The molecular weight excluding hydrogens is 620 g/mol. The van der Waals surface area contributed by atoms with E-state index in [1.165, 1.54) is 11.1 Å². The van der Waals surface area contributed by atoms with Crippen molar-refractivity contribution in [1.29, 1.82) is 0 Å². The first-order chi connectivity index (χ1) is 19.6. The normalized spacial score (nSPS) is 12.1. The summed E-state index contributed by atoms with van der Waals surface area (Å²) >= 11 is 0. The van der Waals surface area contributed by atoms with Crippen LogP contribution in [0.5, 0.6) is 28.7 Å². The van der Waals surface area contributed by atoms with Gasteiger partial charge in [-0.15, -0.1) is 0 Å². The van der Waals surface area contributed by atoms with E-state index < -0.39 is 5.97 Å². The van der Waals surface area contributed by atoms with Gasteiger partial charge in [0, 0.05) is 12.5 Å². The van der Waals surface area contributed by atoms with Crippen molar-refractivity contribution in [3.05, 3.63) is 71.9 Å². The van der Waals surface area contributed by atoms with Crippen LogP contribution in [-0.2, 0) is 24.2 Å². The number of hydrogen-bond donors (Lipinski definition) is 1. The predicted octanol–water partition coefficient (Wildman–Crippen LogP) is -3.65. The smallest absolute Gasteiger partial charge is 1.00 e. The zero-order valence-corrected chi connectivity index (χ0v) is 28.9. The van der Waals surface area contributed by atoms with Crippen molar-refractivity contribution >= 4 is 16.7 Å². The first-order valence-electron chi connectivity index (χ1n) is 13.6. The van der Waals surface area contributed by atoms with Crippen LogP contribution in [0, 0.1) is 0 Å². The maximum Gasteiger partial charge on any atom is 1.00 e. The summed E-state index contributed by atoms with van der Waals surface area (Å²) in [6.07, 6.45) is 5.85. The molecule has 0 amide bonds. The van der Waals surface area contributed by atoms with E-state index in [1.807, 2.05) is 18.2 Å². The summed E-state index contributed by atoms with van der Waals surface area (Å²) in [7, 11) is 1.67. The van der Waals surface area contributed by atoms with E-state index in [-0.39, 0.29) is 89.4 Å². The van der Waals surface area contributed by atoms with Gasteiger partial charge in [0.25, 0.3) is 0 Å². The predicted molar refractivity (Wildman–Crippen MR) is 149 cm³/mol. The third-order valence-electron chi connectivity index (χ3n) is 7.38. The summed E-state index contributed by atoms with van der Waals surface area (Å²) in [4.78, 5) is 10.8. The fraction of sp³-hybridized carbons (Fsp3) is 0.312. The Labute approximate surface area is 305 Å². The van der Waals surface area contributed by atoms with E-state index in [0.717, 1.165) is 83.0 Å². The van der Waals surface area contributed by atoms with E-state index in [4.69, 9.17) is 28.8 Å². The number of pyridine rings is 1. The van der Waals surface area contributed by atoms with Gasteiger partial charge in [0.2, 0.25) is 12.5 Å². The number of aliphatic carboxylic acids is 1. The van der Waals surface area contributed by atoms with Crippen molar-refractivity contribution in [2.24, 2.45) is 0 Å². The number of methoxy groups -OCH3 is 1. The van der Waals surface area contributed by atoms with Crippen LogP contribution in [0.25, 0.3) is 22.0 Å². The molecule has 0 aliphatic carbocycles. The van der Waals surface area contributed by atoms with Gasteiger partial charge in [0.05, 0.1) is 37.7 Å². The molecule has 1 aromatic heterocycles. The number of aryl methyl sites for hydroxylation is 2. The Hall–Kier alpha value is -2.24. The molecule has 0 saturated carbocycles. The molecule has 3 aromatic carbocycles. The zero-order valence-electron chi connectivity index (χ0n) is 24.2. The van der Waals surface area contributed by atoms with Crippen molar-refractivity contribution in [3.63, 3.8) is 0 Å². The number of rotatable bonds is 11. The average molecular weight is 653 g/mol. The van der Waals surface area contributed by atoms with Crippen LogP contribution in [0.2, 0.25) is 0 Å². The van der Waals surface area contributed by atoms with Crippen molar-refractivity contribution in [1.82, 2.24) is 0 Å². The maximum atomic E-state index is 10.8. The SMILES string of the molecule is COc1ccc2cc3[n+](cc2c1OCCCCCOc1ccc(CC(=O)O)cc1)CCc1cc2c(cc1-3)OCO2.[Cl-].[Cl-].[K+]. The number of halogens is 2. The molecule has 6 rings (SSSR count). The molecule has 2 aliphatic rings. The van der Waals surface area contributed by atoms with Gasteiger partial charge in [-0.2, -0.15) is 4.57 Å². The Morgan fingerprint density at radius 3 is 2.37 bits per heavy atom. The fourth-order valence-electron chi connectivity index (χ4n) is 5.33. The van der Waals surface area contributed by atoms with Crippen molar-refractivity contribution < 1.29 is 114 Å². The summed E-state index contributed by atoms with van der Waals surface area (Å²) in [5, 5.41) is 11.0. The van der Waals surface area contributed by atoms with Gasteiger partial charge in [-0.25, -0.2) is 0 Å². The van der Waals surface area contributed by atoms with E-state index >= 15 is 0 Å². The Morgan fingerprint density at radius 1 is 0.930 bits per heavy atom. The summed E-state index contributed by atoms with van der Waals surface area (Å²) in [5.41, 5.74) is 4.36. The van der Waals surface area contributed by atoms with Crippen LogP contribution in [0.4, 0.5) is 0 Å². The number of unbranched alkanes of at least 4 members (excludes halogenated alkanes) is 2. The first-order valence-corrected chi connectivity index (χ1v) is 13.6. The number of hydrogen-bond acceptors (Lipinski definition) is 6. The molecule has 0 spiro atoms. The minimum absolute atomic E-state index is 0. The average Bonchev–Trinajstić information content (AvgIpc) is 3.42. The number of ether oxygens (including phenoxy) is 5. The van der Waals surface area contributed by atoms with Crippen molar-refractivity contribution in [2.45, 2.75) is 38.6 Å². The van der Waals surface area contributed by atoms with Gasteiger partial charge in [0.15, 0.2) is 35.7 Å². The molecule has 0 fully saturated rings. The molecule has 222 valence electrons. The number of carboxylic acid groups (broad SMARTS) is 1. The quantitative estimate of drug-likeness (QED) is 0.102. The Balaban J connectivity index is 0.00000169. The fourth-order valence-corrected chi connectivity index (χ4v) is 5.33. The van der Waals surface area contributed by atoms with E-state index in [9.17, 15) is 4.79 Å². The minimum atomic E-state index is -0.838. The van der Waals surface area contributed by atoms with E-state index in [1.54, 1.807) is 19.2 Å². The van der Waals surface area contributed by atoms with Gasteiger partial charge in [0.1, 0.15) is 5.75 Å². The number of carbonyl (C=O) groups is 1. The molecule has 0 bridgehead atoms. The second-order valence-electron chi connectivity index (χ2n) is 10.0. The van der Waals surface area contributed by atoms with Gasteiger partial charge < -0.3 is 53.6 Å². The number of nitrogens with zero attached hydrogens (tertiary/aromatic N) is 1. The second-order valence-corrected chi connectivity index (χ2v) is 10.0.